The molecule has 1 N–H and O–H groups in total. The van der Waals surface area contributed by atoms with Crippen LogP contribution in [0, 0.1) is 0 Å². The minimum atomic E-state index is -0.232. The van der Waals surface area contributed by atoms with Gasteiger partial charge < -0.3 is 0 Å². The van der Waals surface area contributed by atoms with E-state index in [4.69, 9.17) is 0 Å². The Morgan fingerprint density at radius 1 is 0.815 bits per heavy atom. The maximum atomic E-state index is 12.3. The molecule has 0 radical (unpaired) electrons. The molecular formula is C22H17N3OS. The number of carbonyl (C=O) groups excluding carboxylic acids is 1. The van der Waals surface area contributed by atoms with Crippen LogP contribution in [-0.2, 0) is 0 Å². The van der Waals surface area contributed by atoms with Crippen molar-refractivity contribution in [1.29, 1.82) is 0 Å². The van der Waals surface area contributed by atoms with E-state index >= 15 is 0 Å². The van der Waals surface area contributed by atoms with Gasteiger partial charge in [0.15, 0.2) is 0 Å². The van der Waals surface area contributed by atoms with Crippen LogP contribution in [0.4, 0.5) is 0 Å². The molecule has 0 unspecified atom stereocenters. The van der Waals surface area contributed by atoms with E-state index in [0.29, 0.717) is 10.4 Å². The lowest BCUT2D eigenvalue weighted by Gasteiger charge is -2.09. The predicted octanol–water partition coefficient (Wildman–Crippen LogP) is 4.45. The lowest BCUT2D eigenvalue weighted by molar-refractivity contribution is 0.0953. The Kier molecular flexibility index (Phi) is 4.94. The zero-order valence-corrected chi connectivity index (χ0v) is 15.3. The van der Waals surface area contributed by atoms with Gasteiger partial charge in [0.25, 0.3) is 5.91 Å². The molecule has 0 atom stereocenters. The second-order valence-corrected chi connectivity index (χ2v) is 6.70. The Labute approximate surface area is 161 Å². The molecule has 0 bridgehead atoms. The lowest BCUT2D eigenvalue weighted by atomic mass is 10.1. The highest BCUT2D eigenvalue weighted by atomic mass is 32.1. The Balaban J connectivity index is 1.77. The van der Waals surface area contributed by atoms with Gasteiger partial charge in [0, 0.05) is 16.6 Å². The number of para-hydroxylation sites is 1. The Morgan fingerprint density at radius 2 is 1.41 bits per heavy atom. The summed E-state index contributed by atoms with van der Waals surface area (Å²) in [5, 5.41) is 6.44. The van der Waals surface area contributed by atoms with Gasteiger partial charge in [-0.05, 0) is 29.8 Å². The number of nitrogens with one attached hydrogen (secondary N) is 1. The molecule has 1 aromatic heterocycles. The van der Waals surface area contributed by atoms with Crippen molar-refractivity contribution in [3.63, 3.8) is 0 Å². The first-order chi connectivity index (χ1) is 13.3. The third kappa shape index (κ3) is 3.73. The Hall–Kier alpha value is -3.44. The summed E-state index contributed by atoms with van der Waals surface area (Å²) in [6.07, 6.45) is 0. The zero-order valence-electron chi connectivity index (χ0n) is 14.4. The van der Waals surface area contributed by atoms with Crippen LogP contribution in [0.1, 0.15) is 10.4 Å². The first kappa shape index (κ1) is 17.0. The molecule has 0 aliphatic heterocycles. The summed E-state index contributed by atoms with van der Waals surface area (Å²) in [4.78, 5) is 13.0. The van der Waals surface area contributed by atoms with Crippen molar-refractivity contribution in [1.82, 2.24) is 9.99 Å². The van der Waals surface area contributed by atoms with Crippen LogP contribution in [0.2, 0.25) is 0 Å². The molecule has 27 heavy (non-hydrogen) atoms. The van der Waals surface area contributed by atoms with Gasteiger partial charge >= 0.3 is 0 Å². The molecule has 0 spiro atoms. The van der Waals surface area contributed by atoms with Crippen molar-refractivity contribution in [3.05, 3.63) is 107 Å². The number of hydrogen-bond donors (Lipinski definition) is 1. The minimum absolute atomic E-state index is 0.232. The van der Waals surface area contributed by atoms with Crippen molar-refractivity contribution in [2.75, 3.05) is 0 Å². The fourth-order valence-corrected chi connectivity index (χ4v) is 3.64. The van der Waals surface area contributed by atoms with Gasteiger partial charge in [-0.2, -0.15) is 0 Å². The van der Waals surface area contributed by atoms with Crippen LogP contribution in [0.25, 0.3) is 16.9 Å². The maximum absolute atomic E-state index is 12.3. The summed E-state index contributed by atoms with van der Waals surface area (Å²) in [5.41, 5.74) is 6.35. The van der Waals surface area contributed by atoms with Gasteiger partial charge in [0.05, 0.1) is 5.69 Å². The SMILES string of the molecule is O=C(N/N=c1\scc(-c2ccccc2)n1-c1ccccc1)c1ccccc1. The summed E-state index contributed by atoms with van der Waals surface area (Å²) < 4.78 is 2.05. The van der Waals surface area contributed by atoms with Crippen LogP contribution < -0.4 is 10.2 Å². The second-order valence-electron chi connectivity index (χ2n) is 5.86. The predicted molar refractivity (Wildman–Crippen MR) is 109 cm³/mol. The molecule has 0 fully saturated rings. The van der Waals surface area contributed by atoms with Crippen molar-refractivity contribution in [2.45, 2.75) is 0 Å². The molecule has 4 aromatic rings. The molecule has 0 aliphatic carbocycles. The number of carbonyl (C=O) groups is 1. The first-order valence-electron chi connectivity index (χ1n) is 8.53. The number of benzene rings is 3. The first-order valence-corrected chi connectivity index (χ1v) is 9.41. The number of amides is 1. The molecule has 3 aromatic carbocycles. The Morgan fingerprint density at radius 3 is 2.07 bits per heavy atom. The maximum Gasteiger partial charge on any atom is 0.271 e. The fourth-order valence-electron chi connectivity index (χ4n) is 2.78. The number of nitrogens with zero attached hydrogens (tertiary/aromatic N) is 2. The number of hydrogen-bond acceptors (Lipinski definition) is 3. The van der Waals surface area contributed by atoms with Crippen molar-refractivity contribution in [2.24, 2.45) is 5.10 Å². The largest absolute Gasteiger partial charge is 0.284 e. The molecule has 0 aliphatic rings. The third-order valence-electron chi connectivity index (χ3n) is 4.08. The van der Waals surface area contributed by atoms with Gasteiger partial charge in [-0.3, -0.25) is 9.36 Å². The van der Waals surface area contributed by atoms with E-state index in [2.05, 4.69) is 28.0 Å². The van der Waals surface area contributed by atoms with Crippen LogP contribution in [0.5, 0.6) is 0 Å². The van der Waals surface area contributed by atoms with Gasteiger partial charge in [0.1, 0.15) is 0 Å². The summed E-state index contributed by atoms with van der Waals surface area (Å²) in [6, 6.07) is 29.2. The smallest absolute Gasteiger partial charge is 0.271 e. The van der Waals surface area contributed by atoms with E-state index in [0.717, 1.165) is 16.9 Å². The van der Waals surface area contributed by atoms with E-state index in [-0.39, 0.29) is 5.91 Å². The number of rotatable bonds is 4. The molecule has 4 rings (SSSR count). The van der Waals surface area contributed by atoms with Crippen LogP contribution in [0.3, 0.4) is 0 Å². The normalized spacial score (nSPS) is 11.3. The molecular weight excluding hydrogens is 354 g/mol. The highest BCUT2D eigenvalue weighted by molar-refractivity contribution is 7.07. The number of aromatic nitrogens is 1. The summed E-state index contributed by atoms with van der Waals surface area (Å²) >= 11 is 1.48. The molecule has 1 amide bonds. The van der Waals surface area contributed by atoms with E-state index in [9.17, 15) is 4.79 Å². The molecule has 1 heterocycles. The molecule has 4 nitrogen and oxygen atoms in total. The fraction of sp³-hybridized carbons (Fsp3) is 0. The summed E-state index contributed by atoms with van der Waals surface area (Å²) in [7, 11) is 0. The summed E-state index contributed by atoms with van der Waals surface area (Å²) in [5.74, 6) is -0.232. The average molecular weight is 371 g/mol. The molecule has 132 valence electrons. The third-order valence-corrected chi connectivity index (χ3v) is 4.91. The van der Waals surface area contributed by atoms with Crippen LogP contribution in [-0.4, -0.2) is 10.5 Å². The van der Waals surface area contributed by atoms with Gasteiger partial charge in [0.2, 0.25) is 4.80 Å². The number of thiazole rings is 1. The van der Waals surface area contributed by atoms with Crippen LogP contribution >= 0.6 is 11.3 Å². The second kappa shape index (κ2) is 7.85. The monoisotopic (exact) mass is 371 g/mol. The van der Waals surface area contributed by atoms with E-state index in [1.165, 1.54) is 11.3 Å². The lowest BCUT2D eigenvalue weighted by Crippen LogP contribution is -2.24. The van der Waals surface area contributed by atoms with Gasteiger partial charge in [-0.25, -0.2) is 5.43 Å². The molecule has 0 saturated carbocycles. The topological polar surface area (TPSA) is 46.4 Å². The van der Waals surface area contributed by atoms with Gasteiger partial charge in [-0.1, -0.05) is 66.7 Å². The van der Waals surface area contributed by atoms with Gasteiger partial charge in [-0.15, -0.1) is 16.4 Å². The summed E-state index contributed by atoms with van der Waals surface area (Å²) in [6.45, 7) is 0. The highest BCUT2D eigenvalue weighted by Crippen LogP contribution is 2.22. The standard InChI is InChI=1S/C22H17N3OS/c26-21(18-12-6-2-7-13-18)23-24-22-25(19-14-8-3-9-15-19)20(16-27-22)17-10-4-1-5-11-17/h1-16H,(H,23,26)/b24-22-. The zero-order chi connectivity index (χ0) is 18.5. The van der Waals surface area contributed by atoms with E-state index < -0.39 is 0 Å². The molecule has 0 saturated heterocycles. The van der Waals surface area contributed by atoms with E-state index in [1.54, 1.807) is 12.1 Å². The van der Waals surface area contributed by atoms with E-state index in [1.807, 2.05) is 71.3 Å². The highest BCUT2D eigenvalue weighted by Gasteiger charge is 2.10. The molecule has 5 heteroatoms. The van der Waals surface area contributed by atoms with Crippen molar-refractivity contribution >= 4 is 17.2 Å². The Bertz CT molecular complexity index is 1100. The average Bonchev–Trinajstić information content (AvgIpc) is 3.18. The quantitative estimate of drug-likeness (QED) is 0.529. The minimum Gasteiger partial charge on any atom is -0.284 e. The van der Waals surface area contributed by atoms with Crippen molar-refractivity contribution in [3.8, 4) is 16.9 Å². The van der Waals surface area contributed by atoms with Crippen molar-refractivity contribution < 1.29 is 4.79 Å². The van der Waals surface area contributed by atoms with Crippen LogP contribution in [0.15, 0.2) is 101 Å².